The van der Waals surface area contributed by atoms with Gasteiger partial charge >= 0.3 is 0 Å². The largest absolute Gasteiger partial charge is 0.491 e. The molecule has 0 radical (unpaired) electrons. The maximum absolute atomic E-state index is 12.9. The molecule has 100 valence electrons. The van der Waals surface area contributed by atoms with Crippen LogP contribution in [0.4, 0.5) is 10.1 Å². The van der Waals surface area contributed by atoms with Crippen molar-refractivity contribution < 1.29 is 9.13 Å². The second-order valence-electron chi connectivity index (χ2n) is 4.16. The van der Waals surface area contributed by atoms with Gasteiger partial charge in [-0.25, -0.2) is 4.39 Å². The molecule has 0 aliphatic carbocycles. The van der Waals surface area contributed by atoms with Gasteiger partial charge in [0.05, 0.1) is 4.47 Å². The smallest absolute Gasteiger partial charge is 0.133 e. The van der Waals surface area contributed by atoms with Crippen molar-refractivity contribution in [1.29, 1.82) is 0 Å². The number of benzene rings is 2. The number of ether oxygens (including phenoxy) is 1. The van der Waals surface area contributed by atoms with Crippen molar-refractivity contribution in [3.8, 4) is 5.75 Å². The van der Waals surface area contributed by atoms with Gasteiger partial charge in [0.2, 0.25) is 0 Å². The van der Waals surface area contributed by atoms with E-state index in [0.717, 1.165) is 5.69 Å². The molecule has 19 heavy (non-hydrogen) atoms. The lowest BCUT2D eigenvalue weighted by Crippen LogP contribution is -2.12. The molecule has 0 fully saturated rings. The molecule has 0 amide bonds. The summed E-state index contributed by atoms with van der Waals surface area (Å²) in [6.07, 6.45) is 0. The molecule has 0 unspecified atom stereocenters. The molecule has 1 N–H and O–H groups in total. The summed E-state index contributed by atoms with van der Waals surface area (Å²) in [6, 6.07) is 12.5. The van der Waals surface area contributed by atoms with E-state index in [1.807, 2.05) is 18.2 Å². The molecule has 2 nitrogen and oxygen atoms in total. The minimum absolute atomic E-state index is 0.280. The Labute approximate surface area is 120 Å². The Hall–Kier alpha value is -1.55. The van der Waals surface area contributed by atoms with Crippen molar-refractivity contribution in [3.05, 3.63) is 58.3 Å². The van der Waals surface area contributed by atoms with Crippen molar-refractivity contribution in [2.24, 2.45) is 0 Å². The van der Waals surface area contributed by atoms with E-state index in [1.165, 1.54) is 17.7 Å². The van der Waals surface area contributed by atoms with Crippen LogP contribution in [-0.2, 0) is 0 Å². The van der Waals surface area contributed by atoms with Gasteiger partial charge in [-0.1, -0.05) is 18.2 Å². The summed E-state index contributed by atoms with van der Waals surface area (Å²) < 4.78 is 19.1. The zero-order chi connectivity index (χ0) is 13.7. The summed E-state index contributed by atoms with van der Waals surface area (Å²) >= 11 is 3.27. The number of hydrogen-bond donors (Lipinski definition) is 1. The first-order valence-corrected chi connectivity index (χ1v) is 6.83. The molecule has 2 aromatic carbocycles. The quantitative estimate of drug-likeness (QED) is 0.824. The van der Waals surface area contributed by atoms with E-state index in [-0.39, 0.29) is 5.82 Å². The molecule has 0 spiro atoms. The average Bonchev–Trinajstić information content (AvgIpc) is 2.38. The summed E-state index contributed by atoms with van der Waals surface area (Å²) in [4.78, 5) is 0. The molecular weight excluding hydrogens is 309 g/mol. The van der Waals surface area contributed by atoms with Crippen molar-refractivity contribution in [1.82, 2.24) is 0 Å². The maximum atomic E-state index is 12.9. The second-order valence-corrected chi connectivity index (χ2v) is 5.02. The van der Waals surface area contributed by atoms with Gasteiger partial charge in [-0.3, -0.25) is 0 Å². The fraction of sp³-hybridized carbons (Fsp3) is 0.200. The number of rotatable bonds is 5. The lowest BCUT2D eigenvalue weighted by Gasteiger charge is -2.11. The van der Waals surface area contributed by atoms with Crippen molar-refractivity contribution in [2.75, 3.05) is 18.5 Å². The standard InChI is InChI=1S/C15H15BrFNO/c1-11-4-2-3-5-14(11)18-8-9-19-15-7-6-12(17)10-13(15)16/h2-7,10,18H,8-9H2,1H3. The average molecular weight is 324 g/mol. The van der Waals surface area contributed by atoms with Gasteiger partial charge < -0.3 is 10.1 Å². The first-order chi connectivity index (χ1) is 9.16. The van der Waals surface area contributed by atoms with Crippen molar-refractivity contribution in [3.63, 3.8) is 0 Å². The number of halogens is 2. The highest BCUT2D eigenvalue weighted by molar-refractivity contribution is 9.10. The minimum Gasteiger partial charge on any atom is -0.491 e. The van der Waals surface area contributed by atoms with Crippen LogP contribution in [0.2, 0.25) is 0 Å². The van der Waals surface area contributed by atoms with Gasteiger partial charge in [0, 0.05) is 12.2 Å². The predicted molar refractivity (Wildman–Crippen MR) is 79.3 cm³/mol. The third-order valence-electron chi connectivity index (χ3n) is 2.71. The summed E-state index contributed by atoms with van der Waals surface area (Å²) in [5, 5.41) is 3.30. The lowest BCUT2D eigenvalue weighted by molar-refractivity contribution is 0.330. The van der Waals surface area contributed by atoms with Crippen LogP contribution in [-0.4, -0.2) is 13.2 Å². The first-order valence-electron chi connectivity index (χ1n) is 6.04. The van der Waals surface area contributed by atoms with E-state index >= 15 is 0 Å². The lowest BCUT2D eigenvalue weighted by atomic mass is 10.2. The van der Waals surface area contributed by atoms with Crippen LogP contribution in [0, 0.1) is 12.7 Å². The molecule has 0 aliphatic heterocycles. The molecule has 0 aromatic heterocycles. The van der Waals surface area contributed by atoms with Crippen LogP contribution in [0.25, 0.3) is 0 Å². The Morgan fingerprint density at radius 2 is 2.00 bits per heavy atom. The maximum Gasteiger partial charge on any atom is 0.133 e. The number of aryl methyl sites for hydroxylation is 1. The molecule has 0 saturated carbocycles. The van der Waals surface area contributed by atoms with Gasteiger partial charge in [-0.15, -0.1) is 0 Å². The molecule has 2 rings (SSSR count). The monoisotopic (exact) mass is 323 g/mol. The second kappa shape index (κ2) is 6.57. The Morgan fingerprint density at radius 3 is 2.74 bits per heavy atom. The SMILES string of the molecule is Cc1ccccc1NCCOc1ccc(F)cc1Br. The van der Waals surface area contributed by atoms with Gasteiger partial charge in [-0.05, 0) is 52.7 Å². The first kappa shape index (κ1) is 13.9. The Bertz CT molecular complexity index is 560. The van der Waals surface area contributed by atoms with Crippen LogP contribution >= 0.6 is 15.9 Å². The van der Waals surface area contributed by atoms with Crippen LogP contribution in [0.15, 0.2) is 46.9 Å². The zero-order valence-electron chi connectivity index (χ0n) is 10.6. The fourth-order valence-electron chi connectivity index (χ4n) is 1.71. The van der Waals surface area contributed by atoms with E-state index in [1.54, 1.807) is 6.07 Å². The highest BCUT2D eigenvalue weighted by atomic mass is 79.9. The third kappa shape index (κ3) is 3.96. The highest BCUT2D eigenvalue weighted by Crippen LogP contribution is 2.25. The molecule has 0 aliphatic rings. The van der Waals surface area contributed by atoms with E-state index < -0.39 is 0 Å². The summed E-state index contributed by atoms with van der Waals surface area (Å²) in [5.41, 5.74) is 2.30. The normalized spacial score (nSPS) is 10.3. The number of hydrogen-bond acceptors (Lipinski definition) is 2. The number of nitrogens with one attached hydrogen (secondary N) is 1. The van der Waals surface area contributed by atoms with Crippen LogP contribution in [0.1, 0.15) is 5.56 Å². The van der Waals surface area contributed by atoms with E-state index in [4.69, 9.17) is 4.74 Å². The van der Waals surface area contributed by atoms with Gasteiger partial charge in [-0.2, -0.15) is 0 Å². The molecule has 0 saturated heterocycles. The predicted octanol–water partition coefficient (Wildman–Crippen LogP) is 4.39. The van der Waals surface area contributed by atoms with Crippen molar-refractivity contribution in [2.45, 2.75) is 6.92 Å². The molecule has 4 heteroatoms. The van der Waals surface area contributed by atoms with E-state index in [9.17, 15) is 4.39 Å². The number of anilines is 1. The Morgan fingerprint density at radius 1 is 1.21 bits per heavy atom. The van der Waals surface area contributed by atoms with Crippen LogP contribution in [0.3, 0.4) is 0 Å². The Kier molecular flexibility index (Phi) is 4.80. The Balaban J connectivity index is 1.83. The van der Waals surface area contributed by atoms with Gasteiger partial charge in [0.1, 0.15) is 18.2 Å². The summed E-state index contributed by atoms with van der Waals surface area (Å²) in [5.74, 6) is 0.366. The molecule has 0 bridgehead atoms. The van der Waals surface area contributed by atoms with Crippen LogP contribution in [0.5, 0.6) is 5.75 Å². The molecule has 0 heterocycles. The highest BCUT2D eigenvalue weighted by Gasteiger charge is 2.02. The minimum atomic E-state index is -0.280. The summed E-state index contributed by atoms with van der Waals surface area (Å²) in [7, 11) is 0. The molecular formula is C15H15BrFNO. The van der Waals surface area contributed by atoms with Gasteiger partial charge in [0.15, 0.2) is 0 Å². The van der Waals surface area contributed by atoms with Crippen LogP contribution < -0.4 is 10.1 Å². The fourth-order valence-corrected chi connectivity index (χ4v) is 2.18. The number of para-hydroxylation sites is 1. The zero-order valence-corrected chi connectivity index (χ0v) is 12.2. The van der Waals surface area contributed by atoms with Crippen molar-refractivity contribution >= 4 is 21.6 Å². The summed E-state index contributed by atoms with van der Waals surface area (Å²) in [6.45, 7) is 3.26. The van der Waals surface area contributed by atoms with E-state index in [0.29, 0.717) is 23.4 Å². The molecule has 0 atom stereocenters. The topological polar surface area (TPSA) is 21.3 Å². The molecule has 2 aromatic rings. The van der Waals surface area contributed by atoms with E-state index in [2.05, 4.69) is 34.2 Å². The third-order valence-corrected chi connectivity index (χ3v) is 3.33. The van der Waals surface area contributed by atoms with Gasteiger partial charge in [0.25, 0.3) is 0 Å².